The quantitative estimate of drug-likeness (QED) is 0.716. The Kier molecular flexibility index (Phi) is 4.61. The van der Waals surface area contributed by atoms with Crippen molar-refractivity contribution in [1.29, 1.82) is 0 Å². The Morgan fingerprint density at radius 2 is 1.72 bits per heavy atom. The second kappa shape index (κ2) is 7.00. The fourth-order valence-electron chi connectivity index (χ4n) is 2.32. The highest BCUT2D eigenvalue weighted by atomic mass is 16.5. The number of nitrogens with zero attached hydrogens (tertiary/aromatic N) is 1. The summed E-state index contributed by atoms with van der Waals surface area (Å²) in [5.74, 6) is -0.731. The zero-order chi connectivity index (χ0) is 17.8. The van der Waals surface area contributed by atoms with Crippen LogP contribution < -0.4 is 5.32 Å². The number of benzene rings is 2. The van der Waals surface area contributed by atoms with E-state index < -0.39 is 5.97 Å². The zero-order valence-corrected chi connectivity index (χ0v) is 13.9. The van der Waals surface area contributed by atoms with Crippen LogP contribution in [-0.4, -0.2) is 29.2 Å². The third-order valence-corrected chi connectivity index (χ3v) is 3.73. The summed E-state index contributed by atoms with van der Waals surface area (Å²) < 4.78 is 4.64. The monoisotopic (exact) mass is 335 g/mol. The number of hydrogen-bond donors (Lipinski definition) is 2. The van der Waals surface area contributed by atoms with Crippen LogP contribution in [0.25, 0.3) is 11.3 Å². The number of ether oxygens (including phenoxy) is 1. The van der Waals surface area contributed by atoms with Gasteiger partial charge in [-0.25, -0.2) is 4.79 Å². The van der Waals surface area contributed by atoms with Crippen molar-refractivity contribution in [2.75, 3.05) is 12.4 Å². The minimum absolute atomic E-state index is 0.309. The summed E-state index contributed by atoms with van der Waals surface area (Å²) in [5.41, 5.74) is 4.14. The van der Waals surface area contributed by atoms with Gasteiger partial charge in [-0.3, -0.25) is 9.89 Å². The van der Waals surface area contributed by atoms with Crippen molar-refractivity contribution in [3.8, 4) is 11.3 Å². The van der Waals surface area contributed by atoms with Crippen molar-refractivity contribution >= 4 is 17.6 Å². The molecule has 126 valence electrons. The molecule has 0 bridgehead atoms. The molecule has 0 aliphatic carbocycles. The van der Waals surface area contributed by atoms with Gasteiger partial charge in [0.2, 0.25) is 0 Å². The Balaban J connectivity index is 1.71. The van der Waals surface area contributed by atoms with Gasteiger partial charge >= 0.3 is 5.97 Å². The first-order valence-corrected chi connectivity index (χ1v) is 7.69. The number of amides is 1. The van der Waals surface area contributed by atoms with Crippen LogP contribution in [0.5, 0.6) is 0 Å². The Morgan fingerprint density at radius 1 is 1.04 bits per heavy atom. The second-order valence-corrected chi connectivity index (χ2v) is 5.56. The van der Waals surface area contributed by atoms with E-state index in [2.05, 4.69) is 20.3 Å². The summed E-state index contributed by atoms with van der Waals surface area (Å²) in [4.78, 5) is 23.7. The highest BCUT2D eigenvalue weighted by Crippen LogP contribution is 2.19. The van der Waals surface area contributed by atoms with Crippen LogP contribution in [0.4, 0.5) is 5.69 Å². The zero-order valence-electron chi connectivity index (χ0n) is 13.9. The predicted octanol–water partition coefficient (Wildman–Crippen LogP) is 3.42. The lowest BCUT2D eigenvalue weighted by molar-refractivity contribution is 0.0600. The normalized spacial score (nSPS) is 10.3. The number of methoxy groups -OCH3 is 1. The van der Waals surface area contributed by atoms with Gasteiger partial charge in [0, 0.05) is 11.3 Å². The molecule has 1 heterocycles. The minimum atomic E-state index is -0.422. The predicted molar refractivity (Wildman–Crippen MR) is 94.5 cm³/mol. The number of nitrogens with one attached hydrogen (secondary N) is 2. The summed E-state index contributed by atoms with van der Waals surface area (Å²) in [6.07, 6.45) is 0. The molecule has 0 aliphatic heterocycles. The van der Waals surface area contributed by atoms with Crippen LogP contribution in [0.3, 0.4) is 0 Å². The van der Waals surface area contributed by atoms with Crippen molar-refractivity contribution in [2.24, 2.45) is 0 Å². The molecule has 3 rings (SSSR count). The third-order valence-electron chi connectivity index (χ3n) is 3.73. The highest BCUT2D eigenvalue weighted by molar-refractivity contribution is 6.03. The number of carbonyl (C=O) groups is 2. The van der Waals surface area contributed by atoms with Crippen molar-refractivity contribution < 1.29 is 14.3 Å². The van der Waals surface area contributed by atoms with Crippen LogP contribution in [0.1, 0.15) is 26.4 Å². The number of aromatic nitrogens is 2. The molecule has 0 atom stereocenters. The van der Waals surface area contributed by atoms with Crippen LogP contribution in [-0.2, 0) is 4.74 Å². The Bertz CT molecular complexity index is 896. The van der Waals surface area contributed by atoms with Crippen LogP contribution in [0.15, 0.2) is 54.6 Å². The largest absolute Gasteiger partial charge is 0.465 e. The van der Waals surface area contributed by atoms with Gasteiger partial charge in [0.25, 0.3) is 5.91 Å². The molecule has 6 heteroatoms. The molecule has 2 aromatic carbocycles. The van der Waals surface area contributed by atoms with Gasteiger partial charge < -0.3 is 10.1 Å². The van der Waals surface area contributed by atoms with E-state index in [1.54, 1.807) is 30.3 Å². The lowest BCUT2D eigenvalue weighted by Crippen LogP contribution is -2.12. The van der Waals surface area contributed by atoms with Gasteiger partial charge in [-0.15, -0.1) is 0 Å². The Morgan fingerprint density at radius 3 is 2.36 bits per heavy atom. The van der Waals surface area contributed by atoms with Crippen molar-refractivity contribution in [3.63, 3.8) is 0 Å². The smallest absolute Gasteiger partial charge is 0.337 e. The molecule has 0 radical (unpaired) electrons. The SMILES string of the molecule is COC(=O)c1ccc(NC(=O)c2cc(-c3ccc(C)cc3)n[nH]2)cc1. The van der Waals surface area contributed by atoms with Gasteiger partial charge in [-0.1, -0.05) is 29.8 Å². The lowest BCUT2D eigenvalue weighted by atomic mass is 10.1. The molecule has 0 spiro atoms. The Hall–Kier alpha value is -3.41. The first-order chi connectivity index (χ1) is 12.1. The third kappa shape index (κ3) is 3.74. The van der Waals surface area contributed by atoms with E-state index in [0.717, 1.165) is 11.1 Å². The number of esters is 1. The fraction of sp³-hybridized carbons (Fsp3) is 0.105. The number of aryl methyl sites for hydroxylation is 1. The highest BCUT2D eigenvalue weighted by Gasteiger charge is 2.12. The number of carbonyl (C=O) groups excluding carboxylic acids is 2. The van der Waals surface area contributed by atoms with Gasteiger partial charge in [0.15, 0.2) is 0 Å². The molecule has 1 amide bonds. The van der Waals surface area contributed by atoms with Gasteiger partial charge in [-0.05, 0) is 37.3 Å². The molecule has 2 N–H and O–H groups in total. The number of H-pyrrole nitrogens is 1. The first-order valence-electron chi connectivity index (χ1n) is 7.69. The van der Waals surface area contributed by atoms with Gasteiger partial charge in [0.1, 0.15) is 5.69 Å². The van der Waals surface area contributed by atoms with E-state index in [-0.39, 0.29) is 5.91 Å². The summed E-state index contributed by atoms with van der Waals surface area (Å²) in [7, 11) is 1.32. The van der Waals surface area contributed by atoms with Crippen LogP contribution in [0, 0.1) is 6.92 Å². The summed E-state index contributed by atoms with van der Waals surface area (Å²) in [6, 6.07) is 16.1. The molecular weight excluding hydrogens is 318 g/mol. The molecule has 0 saturated heterocycles. The van der Waals surface area contributed by atoms with E-state index in [9.17, 15) is 9.59 Å². The maximum Gasteiger partial charge on any atom is 0.337 e. The molecule has 6 nitrogen and oxygen atoms in total. The maximum atomic E-state index is 12.3. The van der Waals surface area contributed by atoms with Gasteiger partial charge in [0.05, 0.1) is 18.4 Å². The van der Waals surface area contributed by atoms with E-state index in [1.165, 1.54) is 7.11 Å². The van der Waals surface area contributed by atoms with Crippen molar-refractivity contribution in [3.05, 3.63) is 71.4 Å². The summed E-state index contributed by atoms with van der Waals surface area (Å²) in [6.45, 7) is 2.01. The molecule has 0 saturated carbocycles. The summed E-state index contributed by atoms with van der Waals surface area (Å²) >= 11 is 0. The van der Waals surface area contributed by atoms with E-state index in [4.69, 9.17) is 0 Å². The number of aromatic amines is 1. The Labute approximate surface area is 144 Å². The number of hydrogen-bond acceptors (Lipinski definition) is 4. The molecule has 0 aliphatic rings. The maximum absolute atomic E-state index is 12.3. The first kappa shape index (κ1) is 16.4. The molecule has 25 heavy (non-hydrogen) atoms. The van der Waals surface area contributed by atoms with E-state index in [1.807, 2.05) is 31.2 Å². The fourth-order valence-corrected chi connectivity index (χ4v) is 2.32. The molecule has 0 fully saturated rings. The minimum Gasteiger partial charge on any atom is -0.465 e. The second-order valence-electron chi connectivity index (χ2n) is 5.56. The summed E-state index contributed by atoms with van der Waals surface area (Å²) in [5, 5.41) is 9.68. The van der Waals surface area contributed by atoms with Crippen LogP contribution >= 0.6 is 0 Å². The van der Waals surface area contributed by atoms with Crippen molar-refractivity contribution in [1.82, 2.24) is 10.2 Å². The van der Waals surface area contributed by atoms with E-state index in [0.29, 0.717) is 22.6 Å². The molecular formula is C19H17N3O3. The number of anilines is 1. The van der Waals surface area contributed by atoms with Crippen molar-refractivity contribution in [2.45, 2.75) is 6.92 Å². The van der Waals surface area contributed by atoms with Crippen LogP contribution in [0.2, 0.25) is 0 Å². The topological polar surface area (TPSA) is 84.1 Å². The molecule has 1 aromatic heterocycles. The molecule has 3 aromatic rings. The average molecular weight is 335 g/mol. The lowest BCUT2D eigenvalue weighted by Gasteiger charge is -2.04. The standard InChI is InChI=1S/C19H17N3O3/c1-12-3-5-13(6-4-12)16-11-17(22-21-16)18(23)20-15-9-7-14(8-10-15)19(24)25-2/h3-11H,1-2H3,(H,20,23)(H,21,22). The number of rotatable bonds is 4. The average Bonchev–Trinajstić information content (AvgIpc) is 3.12. The molecule has 0 unspecified atom stereocenters. The van der Waals surface area contributed by atoms with Gasteiger partial charge in [-0.2, -0.15) is 5.10 Å². The van der Waals surface area contributed by atoms with E-state index >= 15 is 0 Å².